The predicted molar refractivity (Wildman–Crippen MR) is 98.4 cm³/mol. The molecule has 1 aromatic heterocycles. The normalized spacial score (nSPS) is 11.9. The van der Waals surface area contributed by atoms with E-state index < -0.39 is 32.5 Å². The Morgan fingerprint density at radius 3 is 2.30 bits per heavy atom. The van der Waals surface area contributed by atoms with Crippen molar-refractivity contribution in [2.45, 2.75) is 11.1 Å². The number of nitrogen functional groups attached to an aromatic ring is 1. The predicted octanol–water partition coefficient (Wildman–Crippen LogP) is 3.07. The Hall–Kier alpha value is -3.56. The number of sulfonamides is 1. The van der Waals surface area contributed by atoms with Crippen molar-refractivity contribution in [3.05, 3.63) is 59.7 Å². The van der Waals surface area contributed by atoms with Crippen molar-refractivity contribution in [3.63, 3.8) is 0 Å². The number of nitrogens with two attached hydrogens (primary N) is 2. The molecule has 0 aliphatic carbocycles. The van der Waals surface area contributed by atoms with Gasteiger partial charge < -0.3 is 5.73 Å². The van der Waals surface area contributed by atoms with Crippen LogP contribution in [0.4, 0.5) is 23.4 Å². The van der Waals surface area contributed by atoms with Crippen molar-refractivity contribution in [2.75, 3.05) is 5.73 Å². The topological polar surface area (TPSA) is 136 Å². The van der Waals surface area contributed by atoms with Crippen LogP contribution in [-0.2, 0) is 16.2 Å². The maximum atomic E-state index is 14.8. The lowest BCUT2D eigenvalue weighted by molar-refractivity contribution is -0.137. The van der Waals surface area contributed by atoms with E-state index in [1.807, 2.05) is 0 Å². The maximum Gasteiger partial charge on any atom is 0.416 e. The number of rotatable bonds is 3. The monoisotopic (exact) mass is 437 g/mol. The first kappa shape index (κ1) is 21.2. The molecule has 0 saturated heterocycles. The molecule has 7 nitrogen and oxygen atoms in total. The highest BCUT2D eigenvalue weighted by Crippen LogP contribution is 2.36. The van der Waals surface area contributed by atoms with Gasteiger partial charge in [-0.1, -0.05) is 12.1 Å². The Labute approximate surface area is 167 Å². The highest BCUT2D eigenvalue weighted by molar-refractivity contribution is 7.89. The summed E-state index contributed by atoms with van der Waals surface area (Å²) in [5, 5.41) is 14.2. The number of hydrogen-bond donors (Lipinski definition) is 2. The zero-order valence-corrected chi connectivity index (χ0v) is 15.6. The summed E-state index contributed by atoms with van der Waals surface area (Å²) in [4.78, 5) is 6.83. The molecule has 4 N–H and O–H groups in total. The molecule has 12 heteroatoms. The number of aromatic nitrogens is 2. The highest BCUT2D eigenvalue weighted by Gasteiger charge is 2.32. The van der Waals surface area contributed by atoms with Gasteiger partial charge in [0.15, 0.2) is 5.69 Å². The Morgan fingerprint density at radius 2 is 1.73 bits per heavy atom. The number of primary sulfonamides is 1. The second-order valence-corrected chi connectivity index (χ2v) is 7.58. The van der Waals surface area contributed by atoms with Gasteiger partial charge in [0.25, 0.3) is 0 Å². The zero-order chi connectivity index (χ0) is 22.3. The first-order valence-electron chi connectivity index (χ1n) is 7.99. The average Bonchev–Trinajstić information content (AvgIpc) is 2.66. The van der Waals surface area contributed by atoms with Crippen molar-refractivity contribution in [2.24, 2.45) is 5.14 Å². The number of hydrogen-bond acceptors (Lipinski definition) is 6. The van der Waals surface area contributed by atoms with E-state index in [2.05, 4.69) is 9.97 Å². The highest BCUT2D eigenvalue weighted by atomic mass is 32.2. The molecule has 0 saturated carbocycles. The molecule has 0 amide bonds. The summed E-state index contributed by atoms with van der Waals surface area (Å²) < 4.78 is 77.3. The molecule has 0 spiro atoms. The Bertz CT molecular complexity index is 1300. The minimum Gasteiger partial charge on any atom is -0.382 e. The summed E-state index contributed by atoms with van der Waals surface area (Å²) in [5.74, 6) is -0.960. The van der Waals surface area contributed by atoms with Crippen LogP contribution in [0.15, 0.2) is 47.5 Å². The smallest absolute Gasteiger partial charge is 0.382 e. The summed E-state index contributed by atoms with van der Waals surface area (Å²) in [6.45, 7) is 0. The molecule has 2 aromatic carbocycles. The van der Waals surface area contributed by atoms with E-state index in [1.54, 1.807) is 6.07 Å². The van der Waals surface area contributed by atoms with E-state index >= 15 is 0 Å². The van der Waals surface area contributed by atoms with Crippen LogP contribution in [0, 0.1) is 17.1 Å². The summed E-state index contributed by atoms with van der Waals surface area (Å²) in [5.41, 5.74) is 3.50. The van der Waals surface area contributed by atoms with E-state index in [1.165, 1.54) is 12.1 Å². The van der Waals surface area contributed by atoms with Crippen LogP contribution < -0.4 is 10.9 Å². The Kier molecular flexibility index (Phi) is 5.19. The van der Waals surface area contributed by atoms with Crippen molar-refractivity contribution in [3.8, 4) is 28.5 Å². The van der Waals surface area contributed by atoms with Crippen LogP contribution in [0.1, 0.15) is 11.3 Å². The Balaban J connectivity index is 2.18. The van der Waals surface area contributed by atoms with Gasteiger partial charge in [0.2, 0.25) is 10.0 Å². The number of alkyl halides is 3. The van der Waals surface area contributed by atoms with Gasteiger partial charge >= 0.3 is 6.18 Å². The fourth-order valence-corrected chi connectivity index (χ4v) is 3.51. The van der Waals surface area contributed by atoms with Gasteiger partial charge in [-0.25, -0.2) is 27.9 Å². The largest absolute Gasteiger partial charge is 0.416 e. The number of benzene rings is 2. The molecule has 154 valence electrons. The molecule has 0 aliphatic rings. The number of nitrogens with zero attached hydrogens (tertiary/aromatic N) is 3. The minimum absolute atomic E-state index is 0.0455. The van der Waals surface area contributed by atoms with Crippen molar-refractivity contribution >= 4 is 15.8 Å². The minimum atomic E-state index is -4.80. The fraction of sp³-hybridized carbons (Fsp3) is 0.0556. The van der Waals surface area contributed by atoms with Crippen LogP contribution in [0.3, 0.4) is 0 Å². The molecule has 0 atom stereocenters. The molecule has 1 heterocycles. The molecule has 0 aliphatic heterocycles. The van der Waals surface area contributed by atoms with E-state index in [0.29, 0.717) is 12.1 Å². The molecule has 0 unspecified atom stereocenters. The summed E-state index contributed by atoms with van der Waals surface area (Å²) in [6.07, 6.45) is -3.67. The number of nitriles is 1. The molecule has 30 heavy (non-hydrogen) atoms. The lowest BCUT2D eigenvalue weighted by Crippen LogP contribution is -2.15. The summed E-state index contributed by atoms with van der Waals surface area (Å²) >= 11 is 0. The molecule has 0 bridgehead atoms. The first-order chi connectivity index (χ1) is 13.9. The van der Waals surface area contributed by atoms with Gasteiger partial charge in [0.05, 0.1) is 16.7 Å². The third-order valence-electron chi connectivity index (χ3n) is 4.05. The van der Waals surface area contributed by atoms with Gasteiger partial charge in [0.1, 0.15) is 23.4 Å². The van der Waals surface area contributed by atoms with Crippen LogP contribution in [0.5, 0.6) is 0 Å². The fourth-order valence-electron chi connectivity index (χ4n) is 2.73. The number of halogens is 4. The average molecular weight is 437 g/mol. The van der Waals surface area contributed by atoms with E-state index in [-0.39, 0.29) is 33.9 Å². The summed E-state index contributed by atoms with van der Waals surface area (Å²) in [6, 6.07) is 7.02. The first-order valence-corrected chi connectivity index (χ1v) is 9.53. The maximum absolute atomic E-state index is 14.8. The van der Waals surface area contributed by atoms with Gasteiger partial charge in [-0.2, -0.15) is 18.4 Å². The second-order valence-electron chi connectivity index (χ2n) is 6.05. The third kappa shape index (κ3) is 4.07. The van der Waals surface area contributed by atoms with Crippen LogP contribution in [0.2, 0.25) is 0 Å². The zero-order valence-electron chi connectivity index (χ0n) is 14.8. The Morgan fingerprint density at radius 1 is 1.07 bits per heavy atom. The molecule has 3 aromatic rings. The third-order valence-corrected chi connectivity index (χ3v) is 5.00. The van der Waals surface area contributed by atoms with Crippen LogP contribution in [0.25, 0.3) is 22.4 Å². The SMILES string of the molecule is N#Cc1nc(N)cnc1-c1ccc(-c2ccc(C(F)(F)F)cc2S(N)(=O)=O)cc1F. The van der Waals surface area contributed by atoms with E-state index in [4.69, 9.17) is 16.1 Å². The van der Waals surface area contributed by atoms with Crippen LogP contribution >= 0.6 is 0 Å². The second kappa shape index (κ2) is 7.36. The quantitative estimate of drug-likeness (QED) is 0.605. The van der Waals surface area contributed by atoms with Gasteiger partial charge in [-0.05, 0) is 29.8 Å². The lowest BCUT2D eigenvalue weighted by atomic mass is 10.00. The van der Waals surface area contributed by atoms with Gasteiger partial charge in [-0.3, -0.25) is 0 Å². The van der Waals surface area contributed by atoms with Crippen molar-refractivity contribution < 1.29 is 26.0 Å². The molecule has 0 fully saturated rings. The molecular formula is C18H11F4N5O2S. The molecule has 0 radical (unpaired) electrons. The standard InChI is InChI=1S/C18H11F4N5O2S/c19-13-5-9(1-3-12(13)17-14(7-23)27-16(24)8-26-17)11-4-2-10(18(20,21)22)6-15(11)30(25,28)29/h1-6,8H,(H2,24,27)(H2,25,28,29). The molecule has 3 rings (SSSR count). The van der Waals surface area contributed by atoms with Crippen molar-refractivity contribution in [1.82, 2.24) is 9.97 Å². The van der Waals surface area contributed by atoms with E-state index in [9.17, 15) is 26.0 Å². The van der Waals surface area contributed by atoms with Crippen molar-refractivity contribution in [1.29, 1.82) is 5.26 Å². The van der Waals surface area contributed by atoms with Gasteiger partial charge in [-0.15, -0.1) is 0 Å². The number of anilines is 1. The molecular weight excluding hydrogens is 426 g/mol. The van der Waals surface area contributed by atoms with Gasteiger partial charge in [0, 0.05) is 11.1 Å². The summed E-state index contributed by atoms with van der Waals surface area (Å²) in [7, 11) is -4.56. The van der Waals surface area contributed by atoms with Crippen LogP contribution in [-0.4, -0.2) is 18.4 Å². The van der Waals surface area contributed by atoms with E-state index in [0.717, 1.165) is 18.3 Å². The lowest BCUT2D eigenvalue weighted by Gasteiger charge is -2.13.